The lowest BCUT2D eigenvalue weighted by Crippen LogP contribution is -2.51. The van der Waals surface area contributed by atoms with Crippen molar-refractivity contribution in [1.82, 2.24) is 10.2 Å². The predicted molar refractivity (Wildman–Crippen MR) is 184 cm³/mol. The minimum absolute atomic E-state index is 0.0109. The highest BCUT2D eigenvalue weighted by Gasteiger charge is 2.44. The van der Waals surface area contributed by atoms with E-state index < -0.39 is 17.6 Å². The van der Waals surface area contributed by atoms with E-state index in [1.807, 2.05) is 62.1 Å². The van der Waals surface area contributed by atoms with Gasteiger partial charge in [-0.1, -0.05) is 54.6 Å². The number of carbonyl (C=O) groups excluding carboxylic acids is 4. The fourth-order valence-corrected chi connectivity index (χ4v) is 6.63. The number of rotatable bonds is 8. The highest BCUT2D eigenvalue weighted by atomic mass is 16.6. The molecule has 2 atom stereocenters. The number of piperidine rings is 1. The standard InChI is InChI=1S/C38H44N4O6/c1-25(43)39-18-20-41-33-22-30(15-16-34(33)47-24-35(41)44)42(29-13-14-29)36(45)32-23-40(37(46)48-38(2,3)4)19-17-31(32)28-12-8-11-27(21-28)26-9-6-5-7-10-26/h5-12,15-16,21-22,29,31-32H,13-14,17-20,23-24H2,1-4H3,(H,39,43)/t31-,32+/m1/s1. The molecule has 3 aliphatic rings. The number of hydrogen-bond donors (Lipinski definition) is 1. The van der Waals surface area contributed by atoms with Crippen LogP contribution in [-0.4, -0.2) is 73.1 Å². The molecule has 1 N–H and O–H groups in total. The summed E-state index contributed by atoms with van der Waals surface area (Å²) in [7, 11) is 0. The highest BCUT2D eigenvalue weighted by molar-refractivity contribution is 6.01. The molecule has 0 spiro atoms. The molecule has 48 heavy (non-hydrogen) atoms. The minimum Gasteiger partial charge on any atom is -0.482 e. The topological polar surface area (TPSA) is 108 Å². The van der Waals surface area contributed by atoms with E-state index in [-0.39, 0.29) is 49.4 Å². The SMILES string of the molecule is CC(=O)NCCN1C(=O)COc2ccc(N(C(=O)[C@H]3CN(C(=O)OC(C)(C)C)CC[C@@H]3c3cccc(-c4ccccc4)c3)C3CC3)cc21. The first-order valence-electron chi connectivity index (χ1n) is 16.8. The van der Waals surface area contributed by atoms with Crippen LogP contribution in [0.1, 0.15) is 58.4 Å². The number of hydrogen-bond acceptors (Lipinski definition) is 6. The highest BCUT2D eigenvalue weighted by Crippen LogP contribution is 2.43. The minimum atomic E-state index is -0.661. The Morgan fingerprint density at radius 2 is 1.71 bits per heavy atom. The maximum Gasteiger partial charge on any atom is 0.410 e. The third-order valence-electron chi connectivity index (χ3n) is 9.03. The molecule has 10 heteroatoms. The van der Waals surface area contributed by atoms with Crippen molar-refractivity contribution < 1.29 is 28.7 Å². The molecule has 0 unspecified atom stereocenters. The largest absolute Gasteiger partial charge is 0.482 e. The zero-order valence-corrected chi connectivity index (χ0v) is 28.1. The third-order valence-corrected chi connectivity index (χ3v) is 9.03. The first-order chi connectivity index (χ1) is 23.0. The van der Waals surface area contributed by atoms with Gasteiger partial charge in [-0.2, -0.15) is 0 Å². The van der Waals surface area contributed by atoms with Gasteiger partial charge in [0.05, 0.1) is 11.6 Å². The molecule has 6 rings (SSSR count). The Morgan fingerprint density at radius 3 is 2.42 bits per heavy atom. The smallest absolute Gasteiger partial charge is 0.410 e. The molecular weight excluding hydrogens is 608 g/mol. The van der Waals surface area contributed by atoms with Crippen molar-refractivity contribution in [1.29, 1.82) is 0 Å². The van der Waals surface area contributed by atoms with E-state index in [2.05, 4.69) is 35.6 Å². The molecule has 0 bridgehead atoms. The second kappa shape index (κ2) is 13.7. The average molecular weight is 653 g/mol. The van der Waals surface area contributed by atoms with Crippen LogP contribution in [0, 0.1) is 5.92 Å². The quantitative estimate of drug-likeness (QED) is 0.332. The number of nitrogens with zero attached hydrogens (tertiary/aromatic N) is 3. The fourth-order valence-electron chi connectivity index (χ4n) is 6.63. The van der Waals surface area contributed by atoms with Crippen LogP contribution in [0.25, 0.3) is 11.1 Å². The van der Waals surface area contributed by atoms with Crippen LogP contribution in [0.2, 0.25) is 0 Å². The van der Waals surface area contributed by atoms with Gasteiger partial charge < -0.3 is 29.5 Å². The molecule has 0 radical (unpaired) electrons. The normalized spacial score (nSPS) is 19.2. The Balaban J connectivity index is 1.34. The molecule has 10 nitrogen and oxygen atoms in total. The zero-order chi connectivity index (χ0) is 34.0. The van der Waals surface area contributed by atoms with Gasteiger partial charge in [0, 0.05) is 44.8 Å². The Morgan fingerprint density at radius 1 is 0.958 bits per heavy atom. The molecule has 4 amide bonds. The van der Waals surface area contributed by atoms with E-state index in [0.717, 1.165) is 29.5 Å². The maximum atomic E-state index is 14.9. The van der Waals surface area contributed by atoms with Gasteiger partial charge in [0.2, 0.25) is 11.8 Å². The number of likely N-dealkylation sites (tertiary alicyclic amines) is 1. The lowest BCUT2D eigenvalue weighted by molar-refractivity contribution is -0.125. The Hall–Kier alpha value is -4.86. The van der Waals surface area contributed by atoms with Crippen molar-refractivity contribution in [3.8, 4) is 16.9 Å². The molecule has 1 saturated heterocycles. The van der Waals surface area contributed by atoms with Crippen LogP contribution < -0.4 is 19.9 Å². The molecule has 3 aromatic carbocycles. The second-order valence-electron chi connectivity index (χ2n) is 13.8. The van der Waals surface area contributed by atoms with Gasteiger partial charge in [0.15, 0.2) is 6.61 Å². The van der Waals surface area contributed by atoms with Crippen LogP contribution in [0.5, 0.6) is 5.75 Å². The summed E-state index contributed by atoms with van der Waals surface area (Å²) in [5.74, 6) is -0.553. The summed E-state index contributed by atoms with van der Waals surface area (Å²) >= 11 is 0. The van der Waals surface area contributed by atoms with Gasteiger partial charge >= 0.3 is 6.09 Å². The summed E-state index contributed by atoms with van der Waals surface area (Å²) in [4.78, 5) is 57.8. The van der Waals surface area contributed by atoms with Crippen molar-refractivity contribution in [3.05, 3.63) is 78.4 Å². The van der Waals surface area contributed by atoms with Gasteiger partial charge in [0.25, 0.3) is 5.91 Å². The molecule has 0 aromatic heterocycles. The van der Waals surface area contributed by atoms with Crippen molar-refractivity contribution >= 4 is 35.2 Å². The Bertz CT molecular complexity index is 1680. The number of nitrogens with one attached hydrogen (secondary N) is 1. The van der Waals surface area contributed by atoms with E-state index in [9.17, 15) is 19.2 Å². The van der Waals surface area contributed by atoms with Crippen molar-refractivity contribution in [2.75, 3.05) is 42.6 Å². The van der Waals surface area contributed by atoms with Crippen molar-refractivity contribution in [3.63, 3.8) is 0 Å². The molecule has 1 saturated carbocycles. The van der Waals surface area contributed by atoms with Crippen LogP contribution in [0.4, 0.5) is 16.2 Å². The van der Waals surface area contributed by atoms with Gasteiger partial charge in [-0.05, 0) is 80.8 Å². The fraction of sp³-hybridized carbons (Fsp3) is 0.421. The van der Waals surface area contributed by atoms with Gasteiger partial charge in [0.1, 0.15) is 11.4 Å². The van der Waals surface area contributed by atoms with Crippen molar-refractivity contribution in [2.45, 2.75) is 64.5 Å². The molecule has 2 heterocycles. The monoisotopic (exact) mass is 652 g/mol. The van der Waals surface area contributed by atoms with Gasteiger partial charge in [-0.15, -0.1) is 0 Å². The third kappa shape index (κ3) is 7.48. The van der Waals surface area contributed by atoms with Crippen molar-refractivity contribution in [2.24, 2.45) is 5.92 Å². The summed E-state index contributed by atoms with van der Waals surface area (Å²) in [6.07, 6.45) is 1.91. The van der Waals surface area contributed by atoms with E-state index in [4.69, 9.17) is 9.47 Å². The molecule has 3 aromatic rings. The molecule has 2 fully saturated rings. The average Bonchev–Trinajstić information content (AvgIpc) is 3.90. The van der Waals surface area contributed by atoms with Crippen LogP contribution in [-0.2, 0) is 19.1 Å². The van der Waals surface area contributed by atoms with Crippen LogP contribution >= 0.6 is 0 Å². The Kier molecular flexibility index (Phi) is 9.44. The van der Waals surface area contributed by atoms with E-state index in [1.165, 1.54) is 6.92 Å². The number of ether oxygens (including phenoxy) is 2. The zero-order valence-electron chi connectivity index (χ0n) is 28.1. The van der Waals surface area contributed by atoms with E-state index in [1.54, 1.807) is 15.9 Å². The Labute approximate surface area is 282 Å². The lowest BCUT2D eigenvalue weighted by atomic mass is 9.79. The second-order valence-corrected chi connectivity index (χ2v) is 13.8. The number of benzene rings is 3. The molecule has 1 aliphatic carbocycles. The predicted octanol–water partition coefficient (Wildman–Crippen LogP) is 5.75. The number of fused-ring (bicyclic) bond motifs is 1. The summed E-state index contributed by atoms with van der Waals surface area (Å²) < 4.78 is 11.5. The van der Waals surface area contributed by atoms with Crippen LogP contribution in [0.3, 0.4) is 0 Å². The first kappa shape index (κ1) is 33.1. The number of carbonyl (C=O) groups is 4. The van der Waals surface area contributed by atoms with E-state index in [0.29, 0.717) is 36.6 Å². The molecule has 252 valence electrons. The molecule has 2 aliphatic heterocycles. The van der Waals surface area contributed by atoms with Gasteiger partial charge in [-0.25, -0.2) is 4.79 Å². The number of anilines is 2. The lowest BCUT2D eigenvalue weighted by Gasteiger charge is -2.41. The number of amides is 4. The van der Waals surface area contributed by atoms with E-state index >= 15 is 0 Å². The summed E-state index contributed by atoms with van der Waals surface area (Å²) in [5, 5.41) is 2.75. The first-order valence-corrected chi connectivity index (χ1v) is 16.8. The molecular formula is C38H44N4O6. The van der Waals surface area contributed by atoms with Gasteiger partial charge in [-0.3, -0.25) is 14.4 Å². The summed E-state index contributed by atoms with van der Waals surface area (Å²) in [6.45, 7) is 8.15. The summed E-state index contributed by atoms with van der Waals surface area (Å²) in [5.41, 5.74) is 3.82. The summed E-state index contributed by atoms with van der Waals surface area (Å²) in [6, 6.07) is 24.1. The maximum absolute atomic E-state index is 14.9. The van der Waals surface area contributed by atoms with Crippen LogP contribution in [0.15, 0.2) is 72.8 Å².